The van der Waals surface area contributed by atoms with Crippen molar-refractivity contribution < 1.29 is 4.79 Å². The van der Waals surface area contributed by atoms with Crippen LogP contribution in [0.2, 0.25) is 0 Å². The van der Waals surface area contributed by atoms with Gasteiger partial charge < -0.3 is 5.32 Å². The number of carbonyl (C=O) groups is 1. The molecule has 1 aromatic carbocycles. The molecule has 0 saturated heterocycles. The zero-order valence-corrected chi connectivity index (χ0v) is 16.1. The molecule has 1 N–H and O–H groups in total. The van der Waals surface area contributed by atoms with Crippen LogP contribution in [0.1, 0.15) is 63.1 Å². The largest absolute Gasteiger partial charge is 0.356 e. The Kier molecular flexibility index (Phi) is 3.17. The topological polar surface area (TPSA) is 54.9 Å². The van der Waals surface area contributed by atoms with Crippen LogP contribution in [-0.2, 0) is 15.6 Å². The summed E-state index contributed by atoms with van der Waals surface area (Å²) in [5, 5.41) is 3.08. The van der Waals surface area contributed by atoms with E-state index in [0.717, 1.165) is 35.3 Å². The number of nitrogens with zero attached hydrogens (tertiary/aromatic N) is 2. The molecule has 0 unspecified atom stereocenters. The predicted octanol–water partition coefficient (Wildman–Crippen LogP) is 3.71. The quantitative estimate of drug-likeness (QED) is 0.909. The van der Waals surface area contributed by atoms with Gasteiger partial charge >= 0.3 is 0 Å². The number of rotatable bonds is 2. The van der Waals surface area contributed by atoms with Crippen LogP contribution < -0.4 is 5.32 Å². The minimum atomic E-state index is -0.576. The van der Waals surface area contributed by atoms with E-state index in [1.807, 2.05) is 6.92 Å². The summed E-state index contributed by atoms with van der Waals surface area (Å²) in [6, 6.07) is 4.23. The van der Waals surface area contributed by atoms with Gasteiger partial charge in [-0.15, -0.1) is 0 Å². The number of benzene rings is 1. The number of hydrogen-bond donors (Lipinski definition) is 1. The molecule has 1 heterocycles. The van der Waals surface area contributed by atoms with E-state index in [2.05, 4.69) is 52.1 Å². The lowest BCUT2D eigenvalue weighted by Crippen LogP contribution is -2.51. The average molecular weight is 337 g/mol. The fourth-order valence-electron chi connectivity index (χ4n) is 5.17. The van der Waals surface area contributed by atoms with Crippen LogP contribution in [0.4, 0.5) is 0 Å². The third-order valence-corrected chi connectivity index (χ3v) is 7.38. The molecule has 2 atom stereocenters. The highest BCUT2D eigenvalue weighted by molar-refractivity contribution is 5.93. The second kappa shape index (κ2) is 4.80. The molecule has 0 radical (unpaired) electrons. The van der Waals surface area contributed by atoms with E-state index in [4.69, 9.17) is 9.97 Å². The lowest BCUT2D eigenvalue weighted by Gasteiger charge is -2.39. The van der Waals surface area contributed by atoms with Crippen molar-refractivity contribution in [2.45, 2.75) is 65.2 Å². The van der Waals surface area contributed by atoms with E-state index in [1.54, 1.807) is 0 Å². The van der Waals surface area contributed by atoms with Gasteiger partial charge in [0.15, 0.2) is 0 Å². The van der Waals surface area contributed by atoms with Gasteiger partial charge in [0.2, 0.25) is 5.91 Å². The Morgan fingerprint density at radius 1 is 1.04 bits per heavy atom. The van der Waals surface area contributed by atoms with Gasteiger partial charge in [-0.2, -0.15) is 0 Å². The maximum atomic E-state index is 13.2. The van der Waals surface area contributed by atoms with E-state index < -0.39 is 5.41 Å². The van der Waals surface area contributed by atoms with Gasteiger partial charge in [-0.1, -0.05) is 20.8 Å². The minimum absolute atomic E-state index is 0.111. The van der Waals surface area contributed by atoms with Crippen molar-refractivity contribution in [3.63, 3.8) is 0 Å². The molecule has 25 heavy (non-hydrogen) atoms. The molecule has 1 saturated carbocycles. The third kappa shape index (κ3) is 1.70. The summed E-state index contributed by atoms with van der Waals surface area (Å²) in [4.78, 5) is 23.3. The summed E-state index contributed by atoms with van der Waals surface area (Å²) >= 11 is 0. The molecular formula is C21H27N3O. The number of fused-ring (bicyclic) bond motifs is 6. The Hall–Kier alpha value is -1.97. The zero-order chi connectivity index (χ0) is 18.2. The van der Waals surface area contributed by atoms with Gasteiger partial charge in [0.05, 0.1) is 27.8 Å². The van der Waals surface area contributed by atoms with Crippen molar-refractivity contribution >= 4 is 16.9 Å². The SMILES string of the molecule is CCNC(=O)[C@]12CC[C@@](C)(c3nc4cc(C)c(C)cc4nc31)C2(C)C. The van der Waals surface area contributed by atoms with Gasteiger partial charge in [-0.3, -0.25) is 4.79 Å². The van der Waals surface area contributed by atoms with Crippen LogP contribution in [0.3, 0.4) is 0 Å². The molecule has 2 bridgehead atoms. The van der Waals surface area contributed by atoms with Crippen LogP contribution >= 0.6 is 0 Å². The molecule has 1 amide bonds. The summed E-state index contributed by atoms with van der Waals surface area (Å²) in [5.41, 5.74) is 5.33. The molecule has 0 aliphatic heterocycles. The van der Waals surface area contributed by atoms with Crippen molar-refractivity contribution in [2.24, 2.45) is 5.41 Å². The maximum absolute atomic E-state index is 13.2. The van der Waals surface area contributed by atoms with Crippen molar-refractivity contribution in [3.05, 3.63) is 34.6 Å². The molecular weight excluding hydrogens is 310 g/mol. The minimum Gasteiger partial charge on any atom is -0.356 e. The summed E-state index contributed by atoms with van der Waals surface area (Å²) in [6.07, 6.45) is 1.83. The molecule has 4 nitrogen and oxygen atoms in total. The number of amides is 1. The third-order valence-electron chi connectivity index (χ3n) is 7.38. The Morgan fingerprint density at radius 2 is 1.60 bits per heavy atom. The summed E-state index contributed by atoms with van der Waals surface area (Å²) in [5.74, 6) is 0.111. The number of hydrogen-bond acceptors (Lipinski definition) is 3. The van der Waals surface area contributed by atoms with Crippen LogP contribution in [0.25, 0.3) is 11.0 Å². The highest BCUT2D eigenvalue weighted by Gasteiger charge is 2.73. The predicted molar refractivity (Wildman–Crippen MR) is 99.7 cm³/mol. The van der Waals surface area contributed by atoms with E-state index in [1.165, 1.54) is 11.1 Å². The normalized spacial score (nSPS) is 29.0. The van der Waals surface area contributed by atoms with Crippen molar-refractivity contribution in [1.82, 2.24) is 15.3 Å². The standard InChI is InChI=1S/C21H27N3O/c1-7-22-18(25)21-9-8-20(6,19(21,4)5)16-17(21)24-15-11-13(3)12(2)10-14(15)23-16/h10-11H,7-9H2,1-6H3,(H,22,25)/t20-,21-/m0/s1. The first kappa shape index (κ1) is 16.5. The molecule has 2 aliphatic carbocycles. The van der Waals surface area contributed by atoms with Gasteiger partial charge in [-0.05, 0) is 62.3 Å². The molecule has 2 aliphatic rings. The molecule has 1 aromatic heterocycles. The summed E-state index contributed by atoms with van der Waals surface area (Å²) in [6.45, 7) is 13.5. The smallest absolute Gasteiger partial charge is 0.232 e. The Bertz CT molecular complexity index is 917. The Morgan fingerprint density at radius 3 is 2.16 bits per heavy atom. The van der Waals surface area contributed by atoms with Crippen molar-refractivity contribution in [2.75, 3.05) is 6.54 Å². The fraction of sp³-hybridized carbons (Fsp3) is 0.571. The molecule has 2 aromatic rings. The molecule has 132 valence electrons. The van der Waals surface area contributed by atoms with Crippen LogP contribution in [0, 0.1) is 19.3 Å². The monoisotopic (exact) mass is 337 g/mol. The van der Waals surface area contributed by atoms with Gasteiger partial charge in [-0.25, -0.2) is 9.97 Å². The Balaban J connectivity index is 2.06. The zero-order valence-electron chi connectivity index (χ0n) is 16.1. The number of aromatic nitrogens is 2. The van der Waals surface area contributed by atoms with Crippen molar-refractivity contribution in [3.8, 4) is 0 Å². The lowest BCUT2D eigenvalue weighted by atomic mass is 9.63. The van der Waals surface area contributed by atoms with E-state index in [0.29, 0.717) is 6.54 Å². The Labute approximate surface area is 149 Å². The highest BCUT2D eigenvalue weighted by atomic mass is 16.2. The lowest BCUT2D eigenvalue weighted by molar-refractivity contribution is -0.130. The first-order chi connectivity index (χ1) is 11.7. The van der Waals surface area contributed by atoms with Gasteiger partial charge in [0, 0.05) is 12.0 Å². The van der Waals surface area contributed by atoms with Gasteiger partial charge in [0.1, 0.15) is 0 Å². The maximum Gasteiger partial charge on any atom is 0.232 e. The summed E-state index contributed by atoms with van der Waals surface area (Å²) < 4.78 is 0. The van der Waals surface area contributed by atoms with Crippen molar-refractivity contribution in [1.29, 1.82) is 0 Å². The average Bonchev–Trinajstić information content (AvgIpc) is 2.84. The van der Waals surface area contributed by atoms with E-state index in [-0.39, 0.29) is 16.7 Å². The number of likely N-dealkylation sites (N-methyl/N-ethyl adjacent to an activating group) is 1. The second-order valence-corrected chi connectivity index (χ2v) is 8.57. The van der Waals surface area contributed by atoms with E-state index >= 15 is 0 Å². The first-order valence-electron chi connectivity index (χ1n) is 9.27. The second-order valence-electron chi connectivity index (χ2n) is 8.57. The summed E-state index contributed by atoms with van der Waals surface area (Å²) in [7, 11) is 0. The number of aryl methyl sites for hydroxylation is 2. The molecule has 4 rings (SSSR count). The molecule has 0 spiro atoms. The van der Waals surface area contributed by atoms with Crippen LogP contribution in [0.5, 0.6) is 0 Å². The van der Waals surface area contributed by atoms with Crippen LogP contribution in [0.15, 0.2) is 12.1 Å². The van der Waals surface area contributed by atoms with E-state index in [9.17, 15) is 4.79 Å². The van der Waals surface area contributed by atoms with Gasteiger partial charge in [0.25, 0.3) is 0 Å². The molecule has 1 fully saturated rings. The molecule has 4 heteroatoms. The first-order valence-corrected chi connectivity index (χ1v) is 9.27. The number of nitrogens with one attached hydrogen (secondary N) is 1. The highest BCUT2D eigenvalue weighted by Crippen LogP contribution is 2.70. The van der Waals surface area contributed by atoms with Crippen LogP contribution in [-0.4, -0.2) is 22.4 Å². The number of carbonyl (C=O) groups excluding carboxylic acids is 1. The fourth-order valence-corrected chi connectivity index (χ4v) is 5.17.